The molecule has 4 N–H and O–H groups in total. The maximum atomic E-state index is 11.4. The first-order valence-corrected chi connectivity index (χ1v) is 7.25. The van der Waals surface area contributed by atoms with E-state index < -0.39 is 0 Å². The summed E-state index contributed by atoms with van der Waals surface area (Å²) >= 11 is 1.41. The first-order valence-electron chi connectivity index (χ1n) is 6.43. The van der Waals surface area contributed by atoms with E-state index in [0.29, 0.717) is 5.16 Å². The molecular formula is C14H18N4OS. The van der Waals surface area contributed by atoms with E-state index in [1.807, 2.05) is 13.0 Å². The smallest absolute Gasteiger partial charge is 0.253 e. The largest absolute Gasteiger partial charge is 0.383 e. The summed E-state index contributed by atoms with van der Waals surface area (Å²) in [5.74, 6) is 0.234. The number of nitrogen functional groups attached to an aromatic ring is 1. The Morgan fingerprint density at radius 3 is 2.85 bits per heavy atom. The number of nitrogens with two attached hydrogens (primary N) is 1. The normalized spacial score (nSPS) is 10.7. The lowest BCUT2D eigenvalue weighted by Gasteiger charge is -2.08. The van der Waals surface area contributed by atoms with Gasteiger partial charge >= 0.3 is 0 Å². The molecular weight excluding hydrogens is 272 g/mol. The van der Waals surface area contributed by atoms with Crippen molar-refractivity contribution in [2.75, 3.05) is 12.3 Å². The minimum Gasteiger partial charge on any atom is -0.383 e. The molecule has 1 aromatic carbocycles. The summed E-state index contributed by atoms with van der Waals surface area (Å²) in [5, 5.41) is 3.80. The molecule has 0 spiro atoms. The second kappa shape index (κ2) is 6.58. The van der Waals surface area contributed by atoms with Gasteiger partial charge in [0.15, 0.2) is 5.16 Å². The molecule has 0 unspecified atom stereocenters. The molecule has 5 nitrogen and oxygen atoms in total. The zero-order chi connectivity index (χ0) is 14.5. The van der Waals surface area contributed by atoms with Gasteiger partial charge in [0.2, 0.25) is 0 Å². The highest BCUT2D eigenvalue weighted by atomic mass is 32.2. The lowest BCUT2D eigenvalue weighted by molar-refractivity contribution is 0.726. The number of hydrogen-bond acceptors (Lipinski definition) is 5. The number of aromatic nitrogens is 2. The molecule has 0 fully saturated rings. The van der Waals surface area contributed by atoms with Gasteiger partial charge in [-0.05, 0) is 30.7 Å². The molecule has 0 saturated heterocycles. The van der Waals surface area contributed by atoms with Crippen molar-refractivity contribution in [2.24, 2.45) is 0 Å². The predicted molar refractivity (Wildman–Crippen MR) is 82.0 cm³/mol. The van der Waals surface area contributed by atoms with E-state index in [2.05, 4.69) is 34.3 Å². The average Bonchev–Trinajstić information content (AvgIpc) is 2.38. The van der Waals surface area contributed by atoms with Crippen molar-refractivity contribution in [1.29, 1.82) is 0 Å². The Morgan fingerprint density at radius 1 is 1.40 bits per heavy atom. The summed E-state index contributed by atoms with van der Waals surface area (Å²) in [5.41, 5.74) is 7.73. The quantitative estimate of drug-likeness (QED) is 0.733. The van der Waals surface area contributed by atoms with E-state index in [-0.39, 0.29) is 11.4 Å². The van der Waals surface area contributed by atoms with Crippen LogP contribution in [0.3, 0.4) is 0 Å². The van der Waals surface area contributed by atoms with Gasteiger partial charge < -0.3 is 16.0 Å². The number of anilines is 1. The molecule has 2 aromatic rings. The van der Waals surface area contributed by atoms with Crippen molar-refractivity contribution in [3.63, 3.8) is 0 Å². The van der Waals surface area contributed by atoms with Gasteiger partial charge in [0.25, 0.3) is 5.56 Å². The van der Waals surface area contributed by atoms with Crippen LogP contribution in [0.5, 0.6) is 0 Å². The van der Waals surface area contributed by atoms with Gasteiger partial charge in [-0.1, -0.05) is 30.8 Å². The number of aromatic amines is 1. The molecule has 6 heteroatoms. The van der Waals surface area contributed by atoms with Crippen LogP contribution in [-0.2, 0) is 6.54 Å². The number of H-pyrrole nitrogens is 1. The van der Waals surface area contributed by atoms with Crippen LogP contribution in [0.25, 0.3) is 0 Å². The number of nitrogens with zero attached hydrogens (tertiary/aromatic N) is 1. The Hall–Kier alpha value is -1.79. The highest BCUT2D eigenvalue weighted by molar-refractivity contribution is 7.99. The van der Waals surface area contributed by atoms with Crippen molar-refractivity contribution in [2.45, 2.75) is 30.4 Å². The zero-order valence-corrected chi connectivity index (χ0v) is 12.4. The maximum Gasteiger partial charge on any atom is 0.253 e. The van der Waals surface area contributed by atoms with Gasteiger partial charge in [-0.15, -0.1) is 0 Å². The number of nitrogens with one attached hydrogen (secondary N) is 2. The summed E-state index contributed by atoms with van der Waals surface area (Å²) in [7, 11) is 0. The lowest BCUT2D eigenvalue weighted by Crippen LogP contribution is -2.11. The highest BCUT2D eigenvalue weighted by Crippen LogP contribution is 2.28. The Balaban J connectivity index is 2.19. The third kappa shape index (κ3) is 3.85. The highest BCUT2D eigenvalue weighted by Gasteiger charge is 2.05. The molecule has 2 rings (SSSR count). The SMILES string of the molecule is CCNCc1ccc(Sc2nc(N)cc(=O)[nH]2)c(C)c1. The van der Waals surface area contributed by atoms with E-state index in [0.717, 1.165) is 23.5 Å². The van der Waals surface area contributed by atoms with Gasteiger partial charge in [0, 0.05) is 17.5 Å². The Labute approximate surface area is 122 Å². The molecule has 0 aliphatic carbocycles. The second-order valence-electron chi connectivity index (χ2n) is 4.46. The zero-order valence-electron chi connectivity index (χ0n) is 11.6. The molecule has 0 radical (unpaired) electrons. The van der Waals surface area contributed by atoms with Gasteiger partial charge in [-0.25, -0.2) is 4.98 Å². The molecule has 20 heavy (non-hydrogen) atoms. The Bertz CT molecular complexity index is 654. The lowest BCUT2D eigenvalue weighted by atomic mass is 10.1. The van der Waals surface area contributed by atoms with E-state index in [1.165, 1.54) is 23.4 Å². The topological polar surface area (TPSA) is 83.8 Å². The summed E-state index contributed by atoms with van der Waals surface area (Å²) in [6.07, 6.45) is 0. The molecule has 0 atom stereocenters. The average molecular weight is 290 g/mol. The summed E-state index contributed by atoms with van der Waals surface area (Å²) in [4.78, 5) is 19.2. The van der Waals surface area contributed by atoms with Crippen LogP contribution in [0.15, 0.2) is 39.1 Å². The molecule has 1 heterocycles. The predicted octanol–water partition coefficient (Wildman–Crippen LogP) is 1.92. The van der Waals surface area contributed by atoms with Crippen molar-refractivity contribution in [3.8, 4) is 0 Å². The van der Waals surface area contributed by atoms with Crippen LogP contribution in [0.1, 0.15) is 18.1 Å². The van der Waals surface area contributed by atoms with E-state index in [4.69, 9.17) is 5.73 Å². The van der Waals surface area contributed by atoms with Crippen molar-refractivity contribution in [3.05, 3.63) is 45.7 Å². The van der Waals surface area contributed by atoms with E-state index in [1.54, 1.807) is 0 Å². The standard InChI is InChI=1S/C14H18N4OS/c1-3-16-8-10-4-5-11(9(2)6-10)20-14-17-12(15)7-13(19)18-14/h4-7,16H,3,8H2,1-2H3,(H3,15,17,18,19). The fourth-order valence-electron chi connectivity index (χ4n) is 1.81. The van der Waals surface area contributed by atoms with Crippen molar-refractivity contribution in [1.82, 2.24) is 15.3 Å². The monoisotopic (exact) mass is 290 g/mol. The molecule has 0 aliphatic rings. The molecule has 0 aliphatic heterocycles. The third-order valence-electron chi connectivity index (χ3n) is 2.76. The molecule has 106 valence electrons. The molecule has 1 aromatic heterocycles. The van der Waals surface area contributed by atoms with Crippen LogP contribution in [-0.4, -0.2) is 16.5 Å². The van der Waals surface area contributed by atoms with Gasteiger partial charge in [0.1, 0.15) is 5.82 Å². The van der Waals surface area contributed by atoms with E-state index in [9.17, 15) is 4.79 Å². The summed E-state index contributed by atoms with van der Waals surface area (Å²) in [6.45, 7) is 5.93. The number of hydrogen-bond donors (Lipinski definition) is 3. The van der Waals surface area contributed by atoms with Crippen LogP contribution < -0.4 is 16.6 Å². The van der Waals surface area contributed by atoms with Crippen LogP contribution in [0, 0.1) is 6.92 Å². The number of benzene rings is 1. The maximum absolute atomic E-state index is 11.4. The van der Waals surface area contributed by atoms with Gasteiger partial charge in [-0.3, -0.25) is 4.79 Å². The minimum absolute atomic E-state index is 0.234. The van der Waals surface area contributed by atoms with Gasteiger partial charge in [0.05, 0.1) is 0 Å². The Kier molecular flexibility index (Phi) is 4.81. The first-order chi connectivity index (χ1) is 9.58. The van der Waals surface area contributed by atoms with Crippen LogP contribution in [0.4, 0.5) is 5.82 Å². The molecule has 0 amide bonds. The van der Waals surface area contributed by atoms with Crippen molar-refractivity contribution < 1.29 is 0 Å². The number of rotatable bonds is 5. The summed E-state index contributed by atoms with van der Waals surface area (Å²) < 4.78 is 0. The van der Waals surface area contributed by atoms with Crippen LogP contribution >= 0.6 is 11.8 Å². The van der Waals surface area contributed by atoms with E-state index >= 15 is 0 Å². The number of aryl methyl sites for hydroxylation is 1. The fourth-order valence-corrected chi connectivity index (χ4v) is 2.68. The molecule has 0 saturated carbocycles. The third-order valence-corrected chi connectivity index (χ3v) is 3.83. The van der Waals surface area contributed by atoms with Crippen molar-refractivity contribution >= 4 is 17.6 Å². The van der Waals surface area contributed by atoms with Gasteiger partial charge in [-0.2, -0.15) is 0 Å². The van der Waals surface area contributed by atoms with Crippen LogP contribution in [0.2, 0.25) is 0 Å². The Morgan fingerprint density at radius 2 is 2.20 bits per heavy atom. The first kappa shape index (κ1) is 14.6. The molecule has 0 bridgehead atoms. The fraction of sp³-hybridized carbons (Fsp3) is 0.286. The second-order valence-corrected chi connectivity index (χ2v) is 5.49. The summed E-state index contributed by atoms with van der Waals surface area (Å²) in [6, 6.07) is 7.52. The minimum atomic E-state index is -0.235.